The van der Waals surface area contributed by atoms with Gasteiger partial charge in [0.25, 0.3) is 5.91 Å². The fraction of sp³-hybridized carbons (Fsp3) is 0.412. The number of nitrogens with zero attached hydrogens (tertiary/aromatic N) is 2. The van der Waals surface area contributed by atoms with Crippen molar-refractivity contribution in [2.24, 2.45) is 5.73 Å². The number of sulfonamides is 1. The largest absolute Gasteiger partial charge is 0.325 e. The zero-order valence-corrected chi connectivity index (χ0v) is 18.2. The molecule has 0 aliphatic rings. The van der Waals surface area contributed by atoms with Crippen LogP contribution in [0.5, 0.6) is 0 Å². The second-order valence-corrected chi connectivity index (χ2v) is 8.67. The summed E-state index contributed by atoms with van der Waals surface area (Å²) in [6.45, 7) is 8.28. The first kappa shape index (κ1) is 23.5. The van der Waals surface area contributed by atoms with Crippen LogP contribution in [0.4, 0.5) is 5.69 Å². The Morgan fingerprint density at radius 2 is 1.89 bits per heavy atom. The van der Waals surface area contributed by atoms with Crippen molar-refractivity contribution in [1.82, 2.24) is 9.29 Å². The van der Waals surface area contributed by atoms with E-state index in [4.69, 9.17) is 5.73 Å². The molecule has 2 rings (SSSR count). The van der Waals surface area contributed by atoms with E-state index < -0.39 is 10.0 Å². The lowest BCUT2D eigenvalue weighted by molar-refractivity contribution is 0.102. The maximum atomic E-state index is 12.8. The smallest absolute Gasteiger partial charge is 0.275 e. The van der Waals surface area contributed by atoms with E-state index in [9.17, 15) is 13.2 Å². The van der Waals surface area contributed by atoms with Gasteiger partial charge in [0.2, 0.25) is 10.0 Å². The molecule has 0 saturated carbocycles. The summed E-state index contributed by atoms with van der Waals surface area (Å²) in [5, 5.41) is 5.08. The van der Waals surface area contributed by atoms with E-state index in [0.29, 0.717) is 23.8 Å². The van der Waals surface area contributed by atoms with Gasteiger partial charge in [0.1, 0.15) is 10.7 Å². The van der Waals surface area contributed by atoms with Crippen LogP contribution in [0.2, 0.25) is 0 Å². The van der Waals surface area contributed by atoms with Gasteiger partial charge in [-0.05, 0) is 37.1 Å². The molecule has 1 aromatic heterocycles. The number of hydrogen-bond donors (Lipinski definition) is 2. The van der Waals surface area contributed by atoms with Crippen LogP contribution in [-0.2, 0) is 16.6 Å². The number of thiazole rings is 1. The lowest BCUT2D eigenvalue weighted by atomic mass is 10.1. The predicted molar refractivity (Wildman–Crippen MR) is 111 cm³/mol. The van der Waals surface area contributed by atoms with Crippen LogP contribution in [0.1, 0.15) is 40.5 Å². The highest BCUT2D eigenvalue weighted by atomic mass is 35.5. The SMILES string of the molecule is CCN(CC)S(=O)(=O)c1cc(C)c(C)c(NC(=O)c2csc(CN)n2)c1.Cl. The predicted octanol–water partition coefficient (Wildman–Crippen LogP) is 2.92. The maximum absolute atomic E-state index is 12.8. The molecule has 10 heteroatoms. The molecular weight excluding hydrogens is 408 g/mol. The molecule has 0 spiro atoms. The Morgan fingerprint density at radius 3 is 2.41 bits per heavy atom. The molecule has 0 atom stereocenters. The Balaban J connectivity index is 0.00000364. The molecule has 27 heavy (non-hydrogen) atoms. The Hall–Kier alpha value is -1.52. The molecule has 7 nitrogen and oxygen atoms in total. The van der Waals surface area contributed by atoms with E-state index in [1.807, 2.05) is 13.8 Å². The Bertz CT molecular complexity index is 909. The van der Waals surface area contributed by atoms with Crippen molar-refractivity contribution in [2.75, 3.05) is 18.4 Å². The van der Waals surface area contributed by atoms with Crippen molar-refractivity contribution in [1.29, 1.82) is 0 Å². The molecule has 0 radical (unpaired) electrons. The van der Waals surface area contributed by atoms with Gasteiger partial charge < -0.3 is 11.1 Å². The van der Waals surface area contributed by atoms with Crippen LogP contribution in [0.25, 0.3) is 0 Å². The van der Waals surface area contributed by atoms with Crippen LogP contribution in [0, 0.1) is 13.8 Å². The molecule has 0 bridgehead atoms. The quantitative estimate of drug-likeness (QED) is 0.699. The van der Waals surface area contributed by atoms with E-state index >= 15 is 0 Å². The van der Waals surface area contributed by atoms with Gasteiger partial charge in [0, 0.05) is 30.7 Å². The van der Waals surface area contributed by atoms with Crippen molar-refractivity contribution < 1.29 is 13.2 Å². The fourth-order valence-corrected chi connectivity index (χ4v) is 4.74. The minimum absolute atomic E-state index is 0. The summed E-state index contributed by atoms with van der Waals surface area (Å²) < 4.78 is 27.0. The Kier molecular flexibility index (Phi) is 8.37. The fourth-order valence-electron chi connectivity index (χ4n) is 2.51. The van der Waals surface area contributed by atoms with Gasteiger partial charge in [0.15, 0.2) is 0 Å². The number of benzene rings is 1. The van der Waals surface area contributed by atoms with Crippen LogP contribution in [0.3, 0.4) is 0 Å². The minimum atomic E-state index is -3.61. The normalized spacial score (nSPS) is 11.3. The zero-order chi connectivity index (χ0) is 19.5. The van der Waals surface area contributed by atoms with Gasteiger partial charge in [-0.1, -0.05) is 13.8 Å². The maximum Gasteiger partial charge on any atom is 0.275 e. The molecule has 0 aliphatic carbocycles. The van der Waals surface area contributed by atoms with Crippen LogP contribution >= 0.6 is 23.7 Å². The van der Waals surface area contributed by atoms with Crippen molar-refractivity contribution in [2.45, 2.75) is 39.1 Å². The molecule has 2 aromatic rings. The number of hydrogen-bond acceptors (Lipinski definition) is 6. The minimum Gasteiger partial charge on any atom is -0.325 e. The highest BCUT2D eigenvalue weighted by molar-refractivity contribution is 7.89. The van der Waals surface area contributed by atoms with Gasteiger partial charge in [-0.3, -0.25) is 4.79 Å². The standard InChI is InChI=1S/C17H24N4O3S2.ClH/c1-5-21(6-2)26(23,24)13-7-11(3)12(4)14(8-13)20-17(22)15-10-25-16(9-18)19-15;/h7-8,10H,5-6,9,18H2,1-4H3,(H,20,22);1H. The van der Waals surface area contributed by atoms with Crippen molar-refractivity contribution >= 4 is 45.4 Å². The molecule has 0 fully saturated rings. The Labute approximate surface area is 170 Å². The molecule has 0 unspecified atom stereocenters. The summed E-state index contributed by atoms with van der Waals surface area (Å²) >= 11 is 1.31. The number of aromatic nitrogens is 1. The number of rotatable bonds is 7. The van der Waals surface area contributed by atoms with Crippen molar-refractivity contribution in [3.05, 3.63) is 39.3 Å². The van der Waals surface area contributed by atoms with Gasteiger partial charge in [-0.25, -0.2) is 13.4 Å². The highest BCUT2D eigenvalue weighted by Gasteiger charge is 2.24. The lowest BCUT2D eigenvalue weighted by Crippen LogP contribution is -2.30. The zero-order valence-electron chi connectivity index (χ0n) is 15.8. The number of aryl methyl sites for hydroxylation is 1. The van der Waals surface area contributed by atoms with Crippen LogP contribution in [-0.4, -0.2) is 36.7 Å². The summed E-state index contributed by atoms with van der Waals surface area (Å²) in [5.74, 6) is -0.388. The van der Waals surface area contributed by atoms with Crippen molar-refractivity contribution in [3.63, 3.8) is 0 Å². The van der Waals surface area contributed by atoms with E-state index in [1.165, 1.54) is 21.7 Å². The third-order valence-corrected chi connectivity index (χ3v) is 7.09. The summed E-state index contributed by atoms with van der Waals surface area (Å²) in [5.41, 5.74) is 7.85. The highest BCUT2D eigenvalue weighted by Crippen LogP contribution is 2.26. The first-order valence-electron chi connectivity index (χ1n) is 8.31. The third kappa shape index (κ3) is 5.05. The number of halogens is 1. The van der Waals surface area contributed by atoms with Gasteiger partial charge in [0.05, 0.1) is 4.90 Å². The number of amides is 1. The lowest BCUT2D eigenvalue weighted by Gasteiger charge is -2.20. The first-order valence-corrected chi connectivity index (χ1v) is 10.6. The third-order valence-electron chi connectivity index (χ3n) is 4.19. The summed E-state index contributed by atoms with van der Waals surface area (Å²) in [7, 11) is -3.61. The molecular formula is C17H25ClN4O3S2. The van der Waals surface area contributed by atoms with E-state index in [0.717, 1.165) is 11.1 Å². The van der Waals surface area contributed by atoms with E-state index in [2.05, 4.69) is 10.3 Å². The topological polar surface area (TPSA) is 105 Å². The average molecular weight is 433 g/mol. The summed E-state index contributed by atoms with van der Waals surface area (Å²) in [4.78, 5) is 16.8. The number of carbonyl (C=O) groups excluding carboxylic acids is 1. The molecule has 3 N–H and O–H groups in total. The average Bonchev–Trinajstić information content (AvgIpc) is 3.08. The molecule has 1 amide bonds. The van der Waals surface area contributed by atoms with Gasteiger partial charge >= 0.3 is 0 Å². The van der Waals surface area contributed by atoms with E-state index in [1.54, 1.807) is 25.3 Å². The second-order valence-electron chi connectivity index (χ2n) is 5.79. The van der Waals surface area contributed by atoms with Gasteiger partial charge in [-0.2, -0.15) is 4.31 Å². The van der Waals surface area contributed by atoms with Gasteiger partial charge in [-0.15, -0.1) is 23.7 Å². The monoisotopic (exact) mass is 432 g/mol. The Morgan fingerprint density at radius 1 is 1.26 bits per heavy atom. The number of carbonyl (C=O) groups is 1. The molecule has 150 valence electrons. The molecule has 1 heterocycles. The number of nitrogens with two attached hydrogens (primary N) is 1. The number of anilines is 1. The number of nitrogens with one attached hydrogen (secondary N) is 1. The molecule has 0 saturated heterocycles. The van der Waals surface area contributed by atoms with Crippen LogP contribution in [0.15, 0.2) is 22.4 Å². The van der Waals surface area contributed by atoms with E-state index in [-0.39, 0.29) is 35.4 Å². The summed E-state index contributed by atoms with van der Waals surface area (Å²) in [6, 6.07) is 3.14. The first-order chi connectivity index (χ1) is 12.2. The second kappa shape index (κ2) is 9.61. The molecule has 1 aromatic carbocycles. The summed E-state index contributed by atoms with van der Waals surface area (Å²) in [6.07, 6.45) is 0. The van der Waals surface area contributed by atoms with Crippen LogP contribution < -0.4 is 11.1 Å². The van der Waals surface area contributed by atoms with Crippen molar-refractivity contribution in [3.8, 4) is 0 Å². The molecule has 0 aliphatic heterocycles.